The standard InChI is InChI=1S/C21H25N3O3/c1-15-6-5-7-17(10-15)24-14-16(13-23-24)12-22-20(26)18-11-19(25)27-21(18)8-3-2-4-9-21/h5-7,10,13-14,18H,2-4,8-9,11-12H2,1H3,(H,22,26)/t18-/m1/s1. The van der Waals surface area contributed by atoms with Gasteiger partial charge in [-0.15, -0.1) is 0 Å². The predicted octanol–water partition coefficient (Wildman–Crippen LogP) is 3.06. The molecule has 1 N–H and O–H groups in total. The summed E-state index contributed by atoms with van der Waals surface area (Å²) < 4.78 is 7.44. The van der Waals surface area contributed by atoms with Gasteiger partial charge < -0.3 is 10.1 Å². The monoisotopic (exact) mass is 367 g/mol. The Labute approximate surface area is 158 Å². The Balaban J connectivity index is 1.41. The second kappa shape index (κ2) is 7.18. The third kappa shape index (κ3) is 3.61. The third-order valence-electron chi connectivity index (χ3n) is 5.71. The van der Waals surface area contributed by atoms with E-state index in [0.717, 1.165) is 43.4 Å². The number of aryl methyl sites for hydroxylation is 1. The van der Waals surface area contributed by atoms with Gasteiger partial charge in [0.2, 0.25) is 5.91 Å². The summed E-state index contributed by atoms with van der Waals surface area (Å²) in [5.74, 6) is -0.715. The molecular weight excluding hydrogens is 342 g/mol. The van der Waals surface area contributed by atoms with Crippen molar-refractivity contribution < 1.29 is 14.3 Å². The van der Waals surface area contributed by atoms with E-state index in [0.29, 0.717) is 6.54 Å². The van der Waals surface area contributed by atoms with Crippen LogP contribution in [0.5, 0.6) is 0 Å². The number of hydrogen-bond acceptors (Lipinski definition) is 4. The highest BCUT2D eigenvalue weighted by molar-refractivity contribution is 5.87. The van der Waals surface area contributed by atoms with E-state index in [-0.39, 0.29) is 24.2 Å². The molecule has 2 fully saturated rings. The Bertz CT molecular complexity index is 852. The molecule has 0 unspecified atom stereocenters. The van der Waals surface area contributed by atoms with E-state index in [9.17, 15) is 9.59 Å². The largest absolute Gasteiger partial charge is 0.458 e. The molecule has 2 heterocycles. The smallest absolute Gasteiger partial charge is 0.307 e. The van der Waals surface area contributed by atoms with Crippen molar-refractivity contribution in [3.8, 4) is 5.69 Å². The number of esters is 1. The van der Waals surface area contributed by atoms with Gasteiger partial charge in [-0.3, -0.25) is 9.59 Å². The molecule has 1 aromatic carbocycles. The Hall–Kier alpha value is -2.63. The van der Waals surface area contributed by atoms with Gasteiger partial charge in [0.05, 0.1) is 24.2 Å². The Morgan fingerprint density at radius 3 is 2.93 bits per heavy atom. The first kappa shape index (κ1) is 17.8. The summed E-state index contributed by atoms with van der Waals surface area (Å²) in [4.78, 5) is 24.7. The van der Waals surface area contributed by atoms with Crippen molar-refractivity contribution in [1.82, 2.24) is 15.1 Å². The number of nitrogens with zero attached hydrogens (tertiary/aromatic N) is 2. The summed E-state index contributed by atoms with van der Waals surface area (Å²) in [6.45, 7) is 2.44. The van der Waals surface area contributed by atoms with E-state index in [1.165, 1.54) is 5.56 Å². The zero-order chi connectivity index (χ0) is 18.9. The van der Waals surface area contributed by atoms with E-state index in [2.05, 4.69) is 16.5 Å². The summed E-state index contributed by atoms with van der Waals surface area (Å²) in [5.41, 5.74) is 2.50. The maximum absolute atomic E-state index is 12.8. The van der Waals surface area contributed by atoms with Gasteiger partial charge in [0.25, 0.3) is 0 Å². The average Bonchev–Trinajstić information content (AvgIpc) is 3.25. The molecule has 1 aliphatic carbocycles. The van der Waals surface area contributed by atoms with Gasteiger partial charge >= 0.3 is 5.97 Å². The quantitative estimate of drug-likeness (QED) is 0.843. The first-order valence-electron chi connectivity index (χ1n) is 9.66. The minimum Gasteiger partial charge on any atom is -0.458 e. The van der Waals surface area contributed by atoms with Crippen LogP contribution in [-0.2, 0) is 20.9 Å². The number of ether oxygens (including phenoxy) is 1. The number of aromatic nitrogens is 2. The van der Waals surface area contributed by atoms with Crippen LogP contribution in [0.15, 0.2) is 36.7 Å². The molecule has 4 rings (SSSR count). The molecule has 2 aromatic rings. The lowest BCUT2D eigenvalue weighted by molar-refractivity contribution is -0.153. The molecule has 1 amide bonds. The van der Waals surface area contributed by atoms with Gasteiger partial charge in [0.1, 0.15) is 5.60 Å². The molecule has 6 heteroatoms. The van der Waals surface area contributed by atoms with Crippen molar-refractivity contribution in [2.45, 2.75) is 57.6 Å². The molecule has 27 heavy (non-hydrogen) atoms. The average molecular weight is 367 g/mol. The predicted molar refractivity (Wildman–Crippen MR) is 100 cm³/mol. The van der Waals surface area contributed by atoms with Crippen LogP contribution in [0.3, 0.4) is 0 Å². The van der Waals surface area contributed by atoms with Crippen molar-refractivity contribution in [2.75, 3.05) is 0 Å². The van der Waals surface area contributed by atoms with Crippen LogP contribution in [0.25, 0.3) is 5.69 Å². The molecule has 1 spiro atoms. The van der Waals surface area contributed by atoms with Crippen molar-refractivity contribution in [3.63, 3.8) is 0 Å². The lowest BCUT2D eigenvalue weighted by atomic mass is 9.75. The first-order valence-corrected chi connectivity index (χ1v) is 9.66. The van der Waals surface area contributed by atoms with Crippen molar-refractivity contribution in [3.05, 3.63) is 47.8 Å². The zero-order valence-electron chi connectivity index (χ0n) is 15.6. The van der Waals surface area contributed by atoms with Crippen LogP contribution in [-0.4, -0.2) is 27.3 Å². The SMILES string of the molecule is Cc1cccc(-n2cc(CNC(=O)[C@H]3CC(=O)OC34CCCCC4)cn2)c1. The molecule has 0 bridgehead atoms. The first-order chi connectivity index (χ1) is 13.1. The number of amides is 1. The second-order valence-electron chi connectivity index (χ2n) is 7.71. The molecule has 142 valence electrons. The number of benzene rings is 1. The highest BCUT2D eigenvalue weighted by Gasteiger charge is 2.52. The number of rotatable bonds is 4. The van der Waals surface area contributed by atoms with Gasteiger partial charge in [-0.05, 0) is 50.3 Å². The van der Waals surface area contributed by atoms with Crippen LogP contribution in [0, 0.1) is 12.8 Å². The summed E-state index contributed by atoms with van der Waals surface area (Å²) in [5, 5.41) is 7.37. The molecular formula is C21H25N3O3. The highest BCUT2D eigenvalue weighted by atomic mass is 16.6. The number of carbonyl (C=O) groups excluding carboxylic acids is 2. The summed E-state index contributed by atoms with van der Waals surface area (Å²) in [6.07, 6.45) is 8.63. The van der Waals surface area contributed by atoms with Gasteiger partial charge in [0, 0.05) is 18.3 Å². The van der Waals surface area contributed by atoms with Crippen molar-refractivity contribution in [1.29, 1.82) is 0 Å². The molecule has 1 saturated heterocycles. The van der Waals surface area contributed by atoms with Gasteiger partial charge in [-0.2, -0.15) is 5.10 Å². The lowest BCUT2D eigenvalue weighted by Crippen LogP contribution is -2.45. The van der Waals surface area contributed by atoms with E-state index in [4.69, 9.17) is 4.74 Å². The summed E-state index contributed by atoms with van der Waals surface area (Å²) in [6, 6.07) is 8.09. The molecule has 1 saturated carbocycles. The second-order valence-corrected chi connectivity index (χ2v) is 7.71. The van der Waals surface area contributed by atoms with Crippen molar-refractivity contribution >= 4 is 11.9 Å². The number of hydrogen-bond donors (Lipinski definition) is 1. The number of nitrogens with one attached hydrogen (secondary N) is 1. The fraction of sp³-hybridized carbons (Fsp3) is 0.476. The van der Waals surface area contributed by atoms with Crippen LogP contribution in [0.4, 0.5) is 0 Å². The van der Waals surface area contributed by atoms with Crippen molar-refractivity contribution in [2.24, 2.45) is 5.92 Å². The number of carbonyl (C=O) groups is 2. The van der Waals surface area contributed by atoms with Crippen LogP contribution in [0.1, 0.15) is 49.7 Å². The molecule has 0 radical (unpaired) electrons. The summed E-state index contributed by atoms with van der Waals surface area (Å²) in [7, 11) is 0. The Morgan fingerprint density at radius 2 is 2.15 bits per heavy atom. The minimum atomic E-state index is -0.578. The fourth-order valence-corrected chi connectivity index (χ4v) is 4.30. The van der Waals surface area contributed by atoms with E-state index in [1.54, 1.807) is 10.9 Å². The van der Waals surface area contributed by atoms with Crippen LogP contribution in [0.2, 0.25) is 0 Å². The lowest BCUT2D eigenvalue weighted by Gasteiger charge is -2.36. The van der Waals surface area contributed by atoms with E-state index >= 15 is 0 Å². The van der Waals surface area contributed by atoms with Gasteiger partial charge in [-0.1, -0.05) is 18.6 Å². The zero-order valence-corrected chi connectivity index (χ0v) is 15.6. The topological polar surface area (TPSA) is 73.2 Å². The van der Waals surface area contributed by atoms with Crippen LogP contribution >= 0.6 is 0 Å². The highest BCUT2D eigenvalue weighted by Crippen LogP contribution is 2.44. The molecule has 1 atom stereocenters. The third-order valence-corrected chi connectivity index (χ3v) is 5.71. The molecule has 1 aliphatic heterocycles. The minimum absolute atomic E-state index is 0.0916. The van der Waals surface area contributed by atoms with Gasteiger partial charge in [-0.25, -0.2) is 4.68 Å². The Kier molecular flexibility index (Phi) is 4.72. The molecule has 1 aromatic heterocycles. The fourth-order valence-electron chi connectivity index (χ4n) is 4.30. The van der Waals surface area contributed by atoms with Crippen LogP contribution < -0.4 is 5.32 Å². The molecule has 2 aliphatic rings. The Morgan fingerprint density at radius 1 is 1.33 bits per heavy atom. The maximum atomic E-state index is 12.8. The maximum Gasteiger partial charge on any atom is 0.307 e. The van der Waals surface area contributed by atoms with E-state index < -0.39 is 5.60 Å². The summed E-state index contributed by atoms with van der Waals surface area (Å²) >= 11 is 0. The van der Waals surface area contributed by atoms with Gasteiger partial charge in [0.15, 0.2) is 0 Å². The van der Waals surface area contributed by atoms with E-state index in [1.807, 2.05) is 31.3 Å². The molecule has 6 nitrogen and oxygen atoms in total. The normalized spacial score (nSPS) is 21.2.